The number of rotatable bonds is 14. The number of carboxylic acids is 1. The maximum Gasteiger partial charge on any atom is 0.307 e. The maximum absolute atomic E-state index is 13.4. The fourth-order valence-corrected chi connectivity index (χ4v) is 12.6. The number of ether oxygens (including phenoxy) is 3. The molecule has 8 heteroatoms. The predicted molar refractivity (Wildman–Crippen MR) is 192 cm³/mol. The number of hydrogen-bond donors (Lipinski definition) is 4. The van der Waals surface area contributed by atoms with E-state index >= 15 is 0 Å². The van der Waals surface area contributed by atoms with Crippen LogP contribution in [0.4, 0.5) is 0 Å². The molecular formula is C40H71N3O5. The molecule has 5 aliphatic rings. The van der Waals surface area contributed by atoms with Crippen LogP contribution >= 0.6 is 0 Å². The van der Waals surface area contributed by atoms with Gasteiger partial charge in [-0.1, -0.05) is 66.5 Å². The summed E-state index contributed by atoms with van der Waals surface area (Å²) in [6.45, 7) is 20.7. The third-order valence-electron chi connectivity index (χ3n) is 15.7. The lowest BCUT2D eigenvalue weighted by Crippen LogP contribution is -2.67. The minimum atomic E-state index is -0.599. The topological polar surface area (TPSA) is 129 Å². The first-order valence-corrected chi connectivity index (χ1v) is 19.5. The molecule has 0 spiro atoms. The summed E-state index contributed by atoms with van der Waals surface area (Å²) < 4.78 is 19.7. The molecule has 0 aromatic rings. The molecule has 4 fully saturated rings. The Balaban J connectivity index is 1.41. The van der Waals surface area contributed by atoms with Crippen molar-refractivity contribution in [2.75, 3.05) is 46.6 Å². The van der Waals surface area contributed by atoms with Gasteiger partial charge in [-0.15, -0.1) is 0 Å². The minimum Gasteiger partial charge on any atom is -0.481 e. The van der Waals surface area contributed by atoms with Crippen LogP contribution < -0.4 is 16.8 Å². The molecule has 0 aromatic heterocycles. The highest BCUT2D eigenvalue weighted by Crippen LogP contribution is 2.75. The molecule has 12 atom stereocenters. The summed E-state index contributed by atoms with van der Waals surface area (Å²) in [5, 5.41) is 14.5. The Bertz CT molecular complexity index is 1160. The van der Waals surface area contributed by atoms with E-state index in [1.807, 2.05) is 7.11 Å². The molecule has 8 nitrogen and oxygen atoms in total. The highest BCUT2D eigenvalue weighted by Gasteiger charge is 2.71. The van der Waals surface area contributed by atoms with Crippen LogP contribution in [0.3, 0.4) is 0 Å². The van der Waals surface area contributed by atoms with E-state index in [4.69, 9.17) is 25.7 Å². The van der Waals surface area contributed by atoms with E-state index in [-0.39, 0.29) is 51.2 Å². The first kappa shape index (κ1) is 38.2. The van der Waals surface area contributed by atoms with Gasteiger partial charge in [0.1, 0.15) is 0 Å². The zero-order valence-corrected chi connectivity index (χ0v) is 31.7. The molecule has 276 valence electrons. The Morgan fingerprint density at radius 1 is 1.10 bits per heavy atom. The lowest BCUT2D eigenvalue weighted by atomic mass is 9.34. The standard InChI is InChI=1S/C40H71N3O5/c1-26(2)27(3)36(4)16-17-38(6)29-12-13-32-37(5)25-47-21-18-40(32,30(29)14-15-39(38,7)33(36)35(44)45)23-31(46-8)34(37)48-22-20-43-24-28(42)11-9-10-19-41/h14,26-29,31-34,43H,9-13,15-25,41-42H2,1-8H3,(H,44,45)/t27-,28+,29+,31-,32?,33-,34+,36-,37?,38-,39+,40-/m1/s1. The lowest BCUT2D eigenvalue weighted by Gasteiger charge is -2.70. The van der Waals surface area contributed by atoms with Gasteiger partial charge in [0.25, 0.3) is 0 Å². The number of carbonyl (C=O) groups is 1. The third-order valence-corrected chi connectivity index (χ3v) is 15.7. The number of allylic oxidation sites excluding steroid dienone is 2. The van der Waals surface area contributed by atoms with Gasteiger partial charge in [-0.05, 0) is 110 Å². The van der Waals surface area contributed by atoms with Gasteiger partial charge in [-0.2, -0.15) is 0 Å². The SMILES string of the molecule is CO[C@@H]1C[C@@]23CCOCC(C)(C2CC[C@H]2C3=CC[C@@]3(C)[C@H](C(=O)O)[C@@](C)([C@H](C)C(C)C)CC[C@]23C)[C@H]1OCCNC[C@@H](N)CCCCN. The smallest absolute Gasteiger partial charge is 0.307 e. The molecule has 0 aromatic carbocycles. The Kier molecular flexibility index (Phi) is 11.6. The maximum atomic E-state index is 13.4. The van der Waals surface area contributed by atoms with Crippen molar-refractivity contribution < 1.29 is 24.1 Å². The number of carboxylic acid groups (broad SMARTS) is 1. The monoisotopic (exact) mass is 674 g/mol. The molecule has 0 amide bonds. The number of nitrogens with one attached hydrogen (secondary N) is 1. The highest BCUT2D eigenvalue weighted by atomic mass is 16.5. The molecule has 1 heterocycles. The molecule has 3 saturated carbocycles. The molecule has 2 unspecified atom stereocenters. The van der Waals surface area contributed by atoms with Gasteiger partial charge in [-0.3, -0.25) is 4.79 Å². The summed E-state index contributed by atoms with van der Waals surface area (Å²) in [5.41, 5.74) is 12.8. The van der Waals surface area contributed by atoms with Crippen molar-refractivity contribution in [3.05, 3.63) is 11.6 Å². The summed E-state index contributed by atoms with van der Waals surface area (Å²) in [5.74, 6) is 0.628. The van der Waals surface area contributed by atoms with Crippen molar-refractivity contribution >= 4 is 5.97 Å². The summed E-state index contributed by atoms with van der Waals surface area (Å²) in [4.78, 5) is 13.4. The van der Waals surface area contributed by atoms with Crippen LogP contribution in [0, 0.1) is 56.7 Å². The third kappa shape index (κ3) is 6.14. The van der Waals surface area contributed by atoms with Crippen molar-refractivity contribution in [3.8, 4) is 0 Å². The molecule has 1 aliphatic heterocycles. The van der Waals surface area contributed by atoms with Gasteiger partial charge in [0.15, 0.2) is 0 Å². The average Bonchev–Trinajstić information content (AvgIpc) is 3.14. The first-order valence-electron chi connectivity index (χ1n) is 19.5. The van der Waals surface area contributed by atoms with Gasteiger partial charge in [0.05, 0.1) is 31.3 Å². The Hall–Kier alpha value is -1.03. The largest absolute Gasteiger partial charge is 0.481 e. The second kappa shape index (κ2) is 14.5. The Morgan fingerprint density at radius 2 is 1.85 bits per heavy atom. The predicted octanol–water partition coefficient (Wildman–Crippen LogP) is 6.41. The molecule has 48 heavy (non-hydrogen) atoms. The first-order chi connectivity index (χ1) is 22.7. The van der Waals surface area contributed by atoms with Gasteiger partial charge in [-0.25, -0.2) is 0 Å². The fourth-order valence-electron chi connectivity index (χ4n) is 12.6. The van der Waals surface area contributed by atoms with Crippen molar-refractivity contribution in [2.45, 2.75) is 131 Å². The molecule has 5 rings (SSSR count). The van der Waals surface area contributed by atoms with Gasteiger partial charge < -0.3 is 36.1 Å². The van der Waals surface area contributed by atoms with Crippen LogP contribution in [-0.4, -0.2) is 75.9 Å². The van der Waals surface area contributed by atoms with Crippen LogP contribution in [0.15, 0.2) is 11.6 Å². The van der Waals surface area contributed by atoms with Crippen molar-refractivity contribution in [1.29, 1.82) is 0 Å². The van der Waals surface area contributed by atoms with Crippen molar-refractivity contribution in [1.82, 2.24) is 5.32 Å². The van der Waals surface area contributed by atoms with Crippen LogP contribution in [-0.2, 0) is 19.0 Å². The van der Waals surface area contributed by atoms with Crippen LogP contribution in [0.2, 0.25) is 0 Å². The number of nitrogens with two attached hydrogens (primary N) is 2. The van der Waals surface area contributed by atoms with E-state index in [9.17, 15) is 9.90 Å². The quantitative estimate of drug-likeness (QED) is 0.123. The normalized spacial score (nSPS) is 43.7. The number of hydrogen-bond acceptors (Lipinski definition) is 7. The Morgan fingerprint density at radius 3 is 2.52 bits per heavy atom. The molecule has 0 radical (unpaired) electrons. The van der Waals surface area contributed by atoms with Gasteiger partial charge >= 0.3 is 5.97 Å². The van der Waals surface area contributed by atoms with Crippen molar-refractivity contribution in [3.63, 3.8) is 0 Å². The molecular weight excluding hydrogens is 602 g/mol. The lowest BCUT2D eigenvalue weighted by molar-refractivity contribution is -0.219. The van der Waals surface area contributed by atoms with E-state index < -0.39 is 5.97 Å². The molecule has 4 aliphatic carbocycles. The van der Waals surface area contributed by atoms with Crippen LogP contribution in [0.5, 0.6) is 0 Å². The second-order valence-corrected chi connectivity index (χ2v) is 18.2. The number of aliphatic carboxylic acids is 1. The Labute approximate surface area is 292 Å². The zero-order chi connectivity index (χ0) is 35.1. The highest BCUT2D eigenvalue weighted by molar-refractivity contribution is 5.73. The summed E-state index contributed by atoms with van der Waals surface area (Å²) in [6.07, 6.45) is 12.6. The zero-order valence-electron chi connectivity index (χ0n) is 31.7. The fraction of sp³-hybridized carbons (Fsp3) is 0.925. The van der Waals surface area contributed by atoms with E-state index in [2.05, 4.69) is 59.9 Å². The van der Waals surface area contributed by atoms with Crippen molar-refractivity contribution in [2.24, 2.45) is 68.1 Å². The van der Waals surface area contributed by atoms with E-state index in [0.29, 0.717) is 36.9 Å². The molecule has 6 N–H and O–H groups in total. The number of unbranched alkanes of at least 4 members (excludes halogenated alkanes) is 1. The van der Waals surface area contributed by atoms with E-state index in [0.717, 1.165) is 90.4 Å². The van der Waals surface area contributed by atoms with Gasteiger partial charge in [0, 0.05) is 38.3 Å². The summed E-state index contributed by atoms with van der Waals surface area (Å²) in [7, 11) is 1.86. The molecule has 2 bridgehead atoms. The number of fused-ring (bicyclic) bond motifs is 3. The summed E-state index contributed by atoms with van der Waals surface area (Å²) in [6, 6.07) is 0.135. The summed E-state index contributed by atoms with van der Waals surface area (Å²) >= 11 is 0. The number of methoxy groups -OCH3 is 1. The second-order valence-electron chi connectivity index (χ2n) is 18.2. The van der Waals surface area contributed by atoms with Crippen LogP contribution in [0.1, 0.15) is 113 Å². The van der Waals surface area contributed by atoms with E-state index in [1.54, 1.807) is 5.57 Å². The molecule has 1 saturated heterocycles. The van der Waals surface area contributed by atoms with Crippen LogP contribution in [0.25, 0.3) is 0 Å². The van der Waals surface area contributed by atoms with Gasteiger partial charge in [0.2, 0.25) is 0 Å². The van der Waals surface area contributed by atoms with E-state index in [1.165, 1.54) is 0 Å². The average molecular weight is 674 g/mol. The minimum absolute atomic E-state index is 0.0156.